The van der Waals surface area contributed by atoms with Gasteiger partial charge in [-0.25, -0.2) is 0 Å². The Bertz CT molecular complexity index is 1170. The Morgan fingerprint density at radius 3 is 2.30 bits per heavy atom. The van der Waals surface area contributed by atoms with Crippen LogP contribution in [0.2, 0.25) is 0 Å². The van der Waals surface area contributed by atoms with Crippen LogP contribution in [0.25, 0.3) is 17.1 Å². The van der Waals surface area contributed by atoms with E-state index in [1.807, 2.05) is 70.1 Å². The minimum Gasteiger partial charge on any atom is -0.339 e. The minimum absolute atomic E-state index is 0.152. The van der Waals surface area contributed by atoms with Crippen molar-refractivity contribution in [1.82, 2.24) is 24.6 Å². The third-order valence-electron chi connectivity index (χ3n) is 5.69. The van der Waals surface area contributed by atoms with Crippen LogP contribution in [0.5, 0.6) is 0 Å². The standard InChI is InChI=1S/C25H25N5OS2/c31-23(29-15-13-28(14-16-29)18-22-12-7-17-32-22)19-33-25-27-26-24(20-8-3-1-4-9-20)30(25)21-10-5-2-6-11-21/h1-12,17H,13-16,18-19H2. The lowest BCUT2D eigenvalue weighted by Gasteiger charge is -2.34. The van der Waals surface area contributed by atoms with Gasteiger partial charge >= 0.3 is 0 Å². The summed E-state index contributed by atoms with van der Waals surface area (Å²) in [6, 6.07) is 24.4. The van der Waals surface area contributed by atoms with E-state index in [9.17, 15) is 4.79 Å². The fraction of sp³-hybridized carbons (Fsp3) is 0.240. The lowest BCUT2D eigenvalue weighted by molar-refractivity contribution is -0.130. The average Bonchev–Trinajstić information content (AvgIpc) is 3.54. The van der Waals surface area contributed by atoms with Gasteiger partial charge in [-0.3, -0.25) is 14.3 Å². The molecule has 3 heterocycles. The van der Waals surface area contributed by atoms with Crippen molar-refractivity contribution in [2.75, 3.05) is 31.9 Å². The molecule has 1 aliphatic heterocycles. The summed E-state index contributed by atoms with van der Waals surface area (Å²) in [7, 11) is 0. The number of amides is 1. The first kappa shape index (κ1) is 21.9. The first-order valence-electron chi connectivity index (χ1n) is 11.0. The Hall–Kier alpha value is -2.94. The van der Waals surface area contributed by atoms with E-state index in [1.54, 1.807) is 11.3 Å². The summed E-state index contributed by atoms with van der Waals surface area (Å²) in [6.07, 6.45) is 0. The Morgan fingerprint density at radius 2 is 1.61 bits per heavy atom. The second kappa shape index (κ2) is 10.3. The molecule has 0 N–H and O–H groups in total. The van der Waals surface area contributed by atoms with Crippen LogP contribution < -0.4 is 0 Å². The fourth-order valence-corrected chi connectivity index (χ4v) is 5.54. The molecule has 1 saturated heterocycles. The number of carbonyl (C=O) groups is 1. The molecule has 2 aromatic carbocycles. The molecule has 1 fully saturated rings. The largest absolute Gasteiger partial charge is 0.339 e. The summed E-state index contributed by atoms with van der Waals surface area (Å²) in [5, 5.41) is 11.7. The third-order valence-corrected chi connectivity index (χ3v) is 7.46. The summed E-state index contributed by atoms with van der Waals surface area (Å²) in [4.78, 5) is 18.7. The third kappa shape index (κ3) is 5.19. The molecule has 1 aliphatic rings. The van der Waals surface area contributed by atoms with E-state index in [4.69, 9.17) is 0 Å². The number of aromatic nitrogens is 3. The van der Waals surface area contributed by atoms with Crippen LogP contribution in [0.1, 0.15) is 4.88 Å². The molecule has 0 atom stereocenters. The van der Waals surface area contributed by atoms with Crippen LogP contribution in [-0.4, -0.2) is 62.4 Å². The van der Waals surface area contributed by atoms with Gasteiger partial charge in [0.2, 0.25) is 5.91 Å². The van der Waals surface area contributed by atoms with Crippen molar-refractivity contribution in [3.05, 3.63) is 83.1 Å². The van der Waals surface area contributed by atoms with Gasteiger partial charge in [0.15, 0.2) is 11.0 Å². The highest BCUT2D eigenvalue weighted by Crippen LogP contribution is 2.28. The zero-order valence-electron chi connectivity index (χ0n) is 18.2. The lowest BCUT2D eigenvalue weighted by Crippen LogP contribution is -2.48. The molecule has 0 aliphatic carbocycles. The molecular weight excluding hydrogens is 450 g/mol. The van der Waals surface area contributed by atoms with Crippen LogP contribution in [0, 0.1) is 0 Å². The van der Waals surface area contributed by atoms with Crippen molar-refractivity contribution in [1.29, 1.82) is 0 Å². The maximum atomic E-state index is 13.0. The molecule has 168 valence electrons. The average molecular weight is 476 g/mol. The summed E-state index contributed by atoms with van der Waals surface area (Å²) >= 11 is 3.24. The maximum absolute atomic E-state index is 13.0. The molecule has 6 nitrogen and oxygen atoms in total. The Morgan fingerprint density at radius 1 is 0.879 bits per heavy atom. The summed E-state index contributed by atoms with van der Waals surface area (Å²) < 4.78 is 2.03. The summed E-state index contributed by atoms with van der Waals surface area (Å²) in [5.41, 5.74) is 1.98. The fourth-order valence-electron chi connectivity index (χ4n) is 3.94. The zero-order chi connectivity index (χ0) is 22.5. The maximum Gasteiger partial charge on any atom is 0.233 e. The van der Waals surface area contributed by atoms with Crippen LogP contribution in [0.3, 0.4) is 0 Å². The second-order valence-electron chi connectivity index (χ2n) is 7.87. The van der Waals surface area contributed by atoms with Gasteiger partial charge in [0.25, 0.3) is 0 Å². The van der Waals surface area contributed by atoms with Gasteiger partial charge in [-0.1, -0.05) is 66.4 Å². The number of para-hydroxylation sites is 1. The van der Waals surface area contributed by atoms with Gasteiger partial charge in [-0.05, 0) is 23.6 Å². The molecule has 33 heavy (non-hydrogen) atoms. The smallest absolute Gasteiger partial charge is 0.233 e. The number of carbonyl (C=O) groups excluding carboxylic acids is 1. The molecule has 4 aromatic rings. The van der Waals surface area contributed by atoms with Crippen LogP contribution >= 0.6 is 23.1 Å². The highest BCUT2D eigenvalue weighted by atomic mass is 32.2. The molecule has 1 amide bonds. The highest BCUT2D eigenvalue weighted by molar-refractivity contribution is 7.99. The first-order chi connectivity index (χ1) is 16.3. The van der Waals surface area contributed by atoms with E-state index in [1.165, 1.54) is 16.6 Å². The van der Waals surface area contributed by atoms with Gasteiger partial charge in [0.1, 0.15) is 0 Å². The number of hydrogen-bond donors (Lipinski definition) is 0. The van der Waals surface area contributed by atoms with Crippen molar-refractivity contribution in [2.45, 2.75) is 11.7 Å². The van der Waals surface area contributed by atoms with Gasteiger partial charge in [-0.2, -0.15) is 0 Å². The topological polar surface area (TPSA) is 54.3 Å². The quantitative estimate of drug-likeness (QED) is 0.370. The highest BCUT2D eigenvalue weighted by Gasteiger charge is 2.23. The normalized spacial score (nSPS) is 14.5. The molecular formula is C25H25N5OS2. The molecule has 2 aromatic heterocycles. The van der Waals surface area contributed by atoms with Crippen LogP contribution in [0.4, 0.5) is 0 Å². The molecule has 5 rings (SSSR count). The van der Waals surface area contributed by atoms with E-state index < -0.39 is 0 Å². The number of thioether (sulfide) groups is 1. The van der Waals surface area contributed by atoms with Gasteiger partial charge in [0, 0.05) is 48.9 Å². The SMILES string of the molecule is O=C(CSc1nnc(-c2ccccc2)n1-c1ccccc1)N1CCN(Cc2cccs2)CC1. The number of benzene rings is 2. The Labute approximate surface area is 201 Å². The Kier molecular flexibility index (Phi) is 6.85. The van der Waals surface area contributed by atoms with E-state index in [2.05, 4.69) is 32.6 Å². The number of piperazine rings is 1. The number of nitrogens with zero attached hydrogens (tertiary/aromatic N) is 5. The predicted octanol–water partition coefficient (Wildman–Crippen LogP) is 4.43. The van der Waals surface area contributed by atoms with E-state index in [-0.39, 0.29) is 5.91 Å². The first-order valence-corrected chi connectivity index (χ1v) is 12.9. The van der Waals surface area contributed by atoms with E-state index >= 15 is 0 Å². The van der Waals surface area contributed by atoms with Gasteiger partial charge in [0.05, 0.1) is 5.75 Å². The van der Waals surface area contributed by atoms with Crippen molar-refractivity contribution in [3.8, 4) is 17.1 Å². The van der Waals surface area contributed by atoms with Crippen LogP contribution in [0.15, 0.2) is 83.3 Å². The van der Waals surface area contributed by atoms with Crippen molar-refractivity contribution in [2.24, 2.45) is 0 Å². The molecule has 8 heteroatoms. The van der Waals surface area contributed by atoms with Gasteiger partial charge in [-0.15, -0.1) is 21.5 Å². The van der Waals surface area contributed by atoms with E-state index in [0.717, 1.165) is 55.0 Å². The number of hydrogen-bond acceptors (Lipinski definition) is 6. The van der Waals surface area contributed by atoms with Gasteiger partial charge < -0.3 is 4.90 Å². The molecule has 0 saturated carbocycles. The predicted molar refractivity (Wildman–Crippen MR) is 134 cm³/mol. The molecule has 0 spiro atoms. The Balaban J connectivity index is 1.25. The van der Waals surface area contributed by atoms with Crippen molar-refractivity contribution >= 4 is 29.0 Å². The lowest BCUT2D eigenvalue weighted by atomic mass is 10.2. The molecule has 0 bridgehead atoms. The zero-order valence-corrected chi connectivity index (χ0v) is 19.8. The summed E-state index contributed by atoms with van der Waals surface area (Å²) in [5.74, 6) is 1.28. The monoisotopic (exact) mass is 475 g/mol. The van der Waals surface area contributed by atoms with Crippen molar-refractivity contribution in [3.63, 3.8) is 0 Å². The van der Waals surface area contributed by atoms with Crippen molar-refractivity contribution < 1.29 is 4.79 Å². The second-order valence-corrected chi connectivity index (χ2v) is 9.84. The minimum atomic E-state index is 0.152. The molecule has 0 unspecified atom stereocenters. The summed E-state index contributed by atoms with van der Waals surface area (Å²) in [6.45, 7) is 4.33. The number of thiophene rings is 1. The van der Waals surface area contributed by atoms with E-state index in [0.29, 0.717) is 5.75 Å². The molecule has 0 radical (unpaired) electrons. The van der Waals surface area contributed by atoms with Crippen LogP contribution in [-0.2, 0) is 11.3 Å². The number of rotatable bonds is 7.